The molecule has 4 heterocycles. The van der Waals surface area contributed by atoms with Gasteiger partial charge in [0, 0.05) is 44.3 Å². The Bertz CT molecular complexity index is 923. The van der Waals surface area contributed by atoms with Crippen LogP contribution in [0.25, 0.3) is 0 Å². The van der Waals surface area contributed by atoms with E-state index in [-0.39, 0.29) is 5.91 Å². The fraction of sp³-hybridized carbons (Fsp3) is 0.316. The fourth-order valence-corrected chi connectivity index (χ4v) is 3.04. The second kappa shape index (κ2) is 8.03. The summed E-state index contributed by atoms with van der Waals surface area (Å²) in [5.74, 6) is 1.74. The Balaban J connectivity index is 1.42. The average Bonchev–Trinajstić information content (AvgIpc) is 3.26. The van der Waals surface area contributed by atoms with Crippen LogP contribution in [0.15, 0.2) is 47.3 Å². The molecule has 3 aromatic heterocycles. The lowest BCUT2D eigenvalue weighted by molar-refractivity contribution is 0.0943. The Morgan fingerprint density at radius 2 is 1.79 bits per heavy atom. The molecule has 0 atom stereocenters. The third-order valence-electron chi connectivity index (χ3n) is 4.48. The minimum absolute atomic E-state index is 0.250. The van der Waals surface area contributed by atoms with E-state index in [1.165, 1.54) is 0 Å². The van der Waals surface area contributed by atoms with Crippen LogP contribution >= 0.6 is 0 Å². The Hall–Kier alpha value is -3.49. The molecular weight excluding hydrogens is 358 g/mol. The monoisotopic (exact) mass is 379 g/mol. The molecule has 3 aromatic rings. The van der Waals surface area contributed by atoms with Crippen molar-refractivity contribution < 1.29 is 9.21 Å². The largest absolute Gasteiger partial charge is 0.467 e. The van der Waals surface area contributed by atoms with Crippen LogP contribution in [0.1, 0.15) is 21.9 Å². The molecule has 0 saturated carbocycles. The van der Waals surface area contributed by atoms with Gasteiger partial charge in [0.1, 0.15) is 11.5 Å². The van der Waals surface area contributed by atoms with Crippen LogP contribution in [-0.4, -0.2) is 52.0 Å². The van der Waals surface area contributed by atoms with Gasteiger partial charge in [-0.1, -0.05) is 0 Å². The third-order valence-corrected chi connectivity index (χ3v) is 4.48. The summed E-state index contributed by atoms with van der Waals surface area (Å²) in [6.45, 7) is 5.18. The van der Waals surface area contributed by atoms with Crippen molar-refractivity contribution in [2.24, 2.45) is 0 Å². The number of piperazine rings is 1. The Labute approximate surface area is 162 Å². The highest BCUT2D eigenvalue weighted by molar-refractivity contribution is 5.92. The molecule has 1 aliphatic rings. The molecule has 1 N–H and O–H groups in total. The number of furan rings is 1. The van der Waals surface area contributed by atoms with Crippen LogP contribution in [0, 0.1) is 6.92 Å². The van der Waals surface area contributed by atoms with Crippen molar-refractivity contribution in [1.29, 1.82) is 0 Å². The van der Waals surface area contributed by atoms with Crippen molar-refractivity contribution in [1.82, 2.24) is 25.3 Å². The molecule has 0 spiro atoms. The van der Waals surface area contributed by atoms with Crippen LogP contribution in [0.2, 0.25) is 0 Å². The maximum atomic E-state index is 12.5. The van der Waals surface area contributed by atoms with Gasteiger partial charge in [0.05, 0.1) is 12.8 Å². The lowest BCUT2D eigenvalue weighted by Gasteiger charge is -2.34. The topological polar surface area (TPSA) is 100 Å². The molecule has 0 radical (unpaired) electrons. The standard InChI is InChI=1S/C19H21N7O2/c1-14-12-16(17(27)22-13-15-4-2-11-28-15)24-19(23-14)26-9-7-25(8-10-26)18-20-5-3-6-21-18/h2-6,11-12H,7-10,13H2,1H3,(H,22,27). The predicted octanol–water partition coefficient (Wildman–Crippen LogP) is 1.42. The Kier molecular flexibility index (Phi) is 5.14. The van der Waals surface area contributed by atoms with E-state index in [0.717, 1.165) is 37.8 Å². The van der Waals surface area contributed by atoms with Crippen molar-refractivity contribution >= 4 is 17.8 Å². The summed E-state index contributed by atoms with van der Waals surface area (Å²) in [6.07, 6.45) is 5.06. The molecule has 1 aliphatic heterocycles. The average molecular weight is 379 g/mol. The normalized spacial score (nSPS) is 14.2. The summed E-state index contributed by atoms with van der Waals surface area (Å²) in [4.78, 5) is 34.3. The summed E-state index contributed by atoms with van der Waals surface area (Å²) in [5, 5.41) is 2.82. The van der Waals surface area contributed by atoms with Crippen LogP contribution in [0.4, 0.5) is 11.9 Å². The lowest BCUT2D eigenvalue weighted by Crippen LogP contribution is -2.47. The highest BCUT2D eigenvalue weighted by Gasteiger charge is 2.22. The number of carbonyl (C=O) groups is 1. The van der Waals surface area contributed by atoms with E-state index in [4.69, 9.17) is 4.42 Å². The zero-order valence-electron chi connectivity index (χ0n) is 15.6. The summed E-state index contributed by atoms with van der Waals surface area (Å²) < 4.78 is 5.24. The number of anilines is 2. The molecule has 4 rings (SSSR count). The second-order valence-electron chi connectivity index (χ2n) is 6.48. The van der Waals surface area contributed by atoms with Crippen LogP contribution in [-0.2, 0) is 6.54 Å². The number of rotatable bonds is 5. The maximum absolute atomic E-state index is 12.5. The number of hydrogen-bond donors (Lipinski definition) is 1. The summed E-state index contributed by atoms with van der Waals surface area (Å²) in [7, 11) is 0. The van der Waals surface area contributed by atoms with Crippen molar-refractivity contribution in [3.05, 3.63) is 60.1 Å². The summed E-state index contributed by atoms with van der Waals surface area (Å²) >= 11 is 0. The highest BCUT2D eigenvalue weighted by Crippen LogP contribution is 2.16. The first-order valence-corrected chi connectivity index (χ1v) is 9.12. The molecule has 9 nitrogen and oxygen atoms in total. The Morgan fingerprint density at radius 1 is 1.07 bits per heavy atom. The molecule has 9 heteroatoms. The Morgan fingerprint density at radius 3 is 2.46 bits per heavy atom. The summed E-state index contributed by atoms with van der Waals surface area (Å²) in [5.41, 5.74) is 1.10. The van der Waals surface area contributed by atoms with Gasteiger partial charge in [0.2, 0.25) is 11.9 Å². The van der Waals surface area contributed by atoms with Crippen molar-refractivity contribution in [3.8, 4) is 0 Å². The van der Waals surface area contributed by atoms with Gasteiger partial charge in [-0.15, -0.1) is 0 Å². The molecule has 0 aliphatic carbocycles. The van der Waals surface area contributed by atoms with Gasteiger partial charge in [0.15, 0.2) is 0 Å². The first-order chi connectivity index (χ1) is 13.7. The highest BCUT2D eigenvalue weighted by atomic mass is 16.3. The minimum Gasteiger partial charge on any atom is -0.467 e. The van der Waals surface area contributed by atoms with Gasteiger partial charge in [-0.3, -0.25) is 4.79 Å². The van der Waals surface area contributed by atoms with E-state index in [9.17, 15) is 4.79 Å². The van der Waals surface area contributed by atoms with Gasteiger partial charge in [-0.2, -0.15) is 0 Å². The number of nitrogens with one attached hydrogen (secondary N) is 1. The van der Waals surface area contributed by atoms with Crippen molar-refractivity contribution in [2.75, 3.05) is 36.0 Å². The van der Waals surface area contributed by atoms with Crippen molar-refractivity contribution in [3.63, 3.8) is 0 Å². The van der Waals surface area contributed by atoms with Crippen LogP contribution in [0.3, 0.4) is 0 Å². The molecule has 1 amide bonds. The number of aryl methyl sites for hydroxylation is 1. The number of amides is 1. The van der Waals surface area contributed by atoms with E-state index in [2.05, 4.69) is 35.1 Å². The molecule has 28 heavy (non-hydrogen) atoms. The fourth-order valence-electron chi connectivity index (χ4n) is 3.04. The van der Waals surface area contributed by atoms with E-state index in [1.807, 2.05) is 13.0 Å². The van der Waals surface area contributed by atoms with E-state index in [1.54, 1.807) is 36.9 Å². The smallest absolute Gasteiger partial charge is 0.270 e. The number of aromatic nitrogens is 4. The van der Waals surface area contributed by atoms with Crippen LogP contribution in [0.5, 0.6) is 0 Å². The molecular formula is C19H21N7O2. The first kappa shape index (κ1) is 17.9. The zero-order valence-corrected chi connectivity index (χ0v) is 15.6. The first-order valence-electron chi connectivity index (χ1n) is 9.12. The van der Waals surface area contributed by atoms with E-state index >= 15 is 0 Å². The van der Waals surface area contributed by atoms with Gasteiger partial charge in [-0.25, -0.2) is 19.9 Å². The van der Waals surface area contributed by atoms with Crippen LogP contribution < -0.4 is 15.1 Å². The second-order valence-corrected chi connectivity index (χ2v) is 6.48. The van der Waals surface area contributed by atoms with Gasteiger partial charge in [-0.05, 0) is 31.2 Å². The predicted molar refractivity (Wildman–Crippen MR) is 103 cm³/mol. The molecule has 0 aromatic carbocycles. The SMILES string of the molecule is Cc1cc(C(=O)NCc2ccco2)nc(N2CCN(c3ncccn3)CC2)n1. The molecule has 1 saturated heterocycles. The van der Waals surface area contributed by atoms with Gasteiger partial charge in [0.25, 0.3) is 5.91 Å². The molecule has 144 valence electrons. The third kappa shape index (κ3) is 4.08. The summed E-state index contributed by atoms with van der Waals surface area (Å²) in [6, 6.07) is 7.09. The quantitative estimate of drug-likeness (QED) is 0.710. The van der Waals surface area contributed by atoms with E-state index in [0.29, 0.717) is 23.9 Å². The maximum Gasteiger partial charge on any atom is 0.270 e. The molecule has 0 bridgehead atoms. The van der Waals surface area contributed by atoms with Crippen molar-refractivity contribution in [2.45, 2.75) is 13.5 Å². The van der Waals surface area contributed by atoms with Gasteiger partial charge < -0.3 is 19.5 Å². The molecule has 1 fully saturated rings. The number of nitrogens with zero attached hydrogens (tertiary/aromatic N) is 6. The molecule has 0 unspecified atom stereocenters. The minimum atomic E-state index is -0.250. The number of hydrogen-bond acceptors (Lipinski definition) is 8. The zero-order chi connectivity index (χ0) is 19.3. The van der Waals surface area contributed by atoms with Gasteiger partial charge >= 0.3 is 0 Å². The number of carbonyl (C=O) groups excluding carboxylic acids is 1. The van der Waals surface area contributed by atoms with E-state index < -0.39 is 0 Å². The lowest BCUT2D eigenvalue weighted by atomic mass is 10.3.